The summed E-state index contributed by atoms with van der Waals surface area (Å²) >= 11 is 0. The third-order valence-electron chi connectivity index (χ3n) is 7.80. The van der Waals surface area contributed by atoms with E-state index in [1.807, 2.05) is 48.8 Å². The molecular formula is C38H24N4. The van der Waals surface area contributed by atoms with Crippen molar-refractivity contribution in [1.29, 1.82) is 0 Å². The van der Waals surface area contributed by atoms with Crippen LogP contribution in [0, 0.1) is 0 Å². The summed E-state index contributed by atoms with van der Waals surface area (Å²) in [6.45, 7) is 0. The zero-order valence-corrected chi connectivity index (χ0v) is 22.6. The first-order chi connectivity index (χ1) is 20.8. The smallest absolute Gasteiger partial charge is 0.0973 e. The summed E-state index contributed by atoms with van der Waals surface area (Å²) in [5, 5.41) is 2.28. The first-order valence-corrected chi connectivity index (χ1v) is 14.0. The quantitative estimate of drug-likeness (QED) is 0.166. The van der Waals surface area contributed by atoms with E-state index in [0.29, 0.717) is 0 Å². The summed E-state index contributed by atoms with van der Waals surface area (Å²) in [7, 11) is 0. The first kappa shape index (κ1) is 24.1. The molecule has 4 heteroatoms. The lowest BCUT2D eigenvalue weighted by molar-refractivity contribution is 1.32. The fourth-order valence-electron chi connectivity index (χ4n) is 5.73. The van der Waals surface area contributed by atoms with Crippen molar-refractivity contribution < 1.29 is 0 Å². The summed E-state index contributed by atoms with van der Waals surface area (Å²) < 4.78 is 0. The van der Waals surface area contributed by atoms with E-state index < -0.39 is 0 Å². The lowest BCUT2D eigenvalue weighted by Gasteiger charge is -2.13. The van der Waals surface area contributed by atoms with Crippen LogP contribution in [-0.2, 0) is 0 Å². The van der Waals surface area contributed by atoms with Crippen molar-refractivity contribution in [3.8, 4) is 44.5 Å². The van der Waals surface area contributed by atoms with E-state index in [4.69, 9.17) is 9.97 Å². The maximum Gasteiger partial charge on any atom is 0.0973 e. The highest BCUT2D eigenvalue weighted by Gasteiger charge is 2.13. The van der Waals surface area contributed by atoms with E-state index >= 15 is 0 Å². The molecule has 42 heavy (non-hydrogen) atoms. The van der Waals surface area contributed by atoms with E-state index in [1.54, 1.807) is 12.4 Å². The van der Waals surface area contributed by atoms with Crippen LogP contribution >= 0.6 is 0 Å². The van der Waals surface area contributed by atoms with Gasteiger partial charge >= 0.3 is 0 Å². The van der Waals surface area contributed by atoms with Gasteiger partial charge in [0.25, 0.3) is 0 Å². The zero-order valence-electron chi connectivity index (χ0n) is 22.6. The molecule has 8 rings (SSSR count). The Hall–Kier alpha value is -5.74. The van der Waals surface area contributed by atoms with Gasteiger partial charge < -0.3 is 0 Å². The molecule has 0 aliphatic rings. The molecule has 0 radical (unpaired) electrons. The Labute approximate surface area is 243 Å². The SMILES string of the molecule is c1cncc(-c2cc(-c3ccc(-c4cc5nc6ccccc6nc5c5ccccc45)cc3)cc(-c3cccnc3)c2)c1. The minimum Gasteiger partial charge on any atom is -0.264 e. The van der Waals surface area contributed by atoms with Crippen molar-refractivity contribution in [2.45, 2.75) is 0 Å². The van der Waals surface area contributed by atoms with Gasteiger partial charge in [-0.15, -0.1) is 0 Å². The van der Waals surface area contributed by atoms with E-state index in [9.17, 15) is 0 Å². The summed E-state index contributed by atoms with van der Waals surface area (Å²) in [6.07, 6.45) is 7.43. The molecule has 3 aromatic heterocycles. The lowest BCUT2D eigenvalue weighted by atomic mass is 9.92. The Morgan fingerprint density at radius 3 is 1.52 bits per heavy atom. The molecule has 5 aromatic carbocycles. The van der Waals surface area contributed by atoms with Crippen LogP contribution in [-0.4, -0.2) is 19.9 Å². The van der Waals surface area contributed by atoms with E-state index in [2.05, 4.69) is 94.9 Å². The molecule has 0 bridgehead atoms. The Morgan fingerprint density at radius 2 is 0.905 bits per heavy atom. The number of benzene rings is 5. The van der Waals surface area contributed by atoms with Gasteiger partial charge in [-0.25, -0.2) is 9.97 Å². The molecule has 0 saturated carbocycles. The predicted molar refractivity (Wildman–Crippen MR) is 172 cm³/mol. The van der Waals surface area contributed by atoms with Gasteiger partial charge in [0.1, 0.15) is 0 Å². The van der Waals surface area contributed by atoms with E-state index in [-0.39, 0.29) is 0 Å². The van der Waals surface area contributed by atoms with Crippen LogP contribution in [0.25, 0.3) is 77.3 Å². The largest absolute Gasteiger partial charge is 0.264 e. The standard InChI is InChI=1S/C38H24N4/c1-2-10-33-32(9-1)34(22-37-38(33)42-36-12-4-3-11-35(36)41-37)26-15-13-25(14-16-26)29-19-30(27-7-5-17-39-23-27)21-31(20-29)28-8-6-18-40-24-28/h1-24H. The Kier molecular flexibility index (Phi) is 5.75. The van der Waals surface area contributed by atoms with Gasteiger partial charge in [0.15, 0.2) is 0 Å². The van der Waals surface area contributed by atoms with Gasteiger partial charge in [-0.05, 0) is 87.3 Å². The molecule has 0 aliphatic carbocycles. The molecule has 4 nitrogen and oxygen atoms in total. The fraction of sp³-hybridized carbons (Fsp3) is 0. The Morgan fingerprint density at radius 1 is 0.357 bits per heavy atom. The number of para-hydroxylation sites is 2. The number of pyridine rings is 2. The second-order valence-corrected chi connectivity index (χ2v) is 10.4. The highest BCUT2D eigenvalue weighted by Crippen LogP contribution is 2.37. The second kappa shape index (κ2) is 10.0. The third-order valence-corrected chi connectivity index (χ3v) is 7.80. The molecule has 3 heterocycles. The van der Waals surface area contributed by atoms with Crippen LogP contribution in [0.4, 0.5) is 0 Å². The van der Waals surface area contributed by atoms with Crippen molar-refractivity contribution in [3.63, 3.8) is 0 Å². The molecule has 0 spiro atoms. The maximum atomic E-state index is 4.99. The van der Waals surface area contributed by atoms with Gasteiger partial charge in [-0.1, -0.05) is 72.8 Å². The van der Waals surface area contributed by atoms with Gasteiger partial charge in [0.2, 0.25) is 0 Å². The number of aromatic nitrogens is 4. The molecule has 0 saturated heterocycles. The first-order valence-electron chi connectivity index (χ1n) is 14.0. The van der Waals surface area contributed by atoms with Crippen molar-refractivity contribution in [2.24, 2.45) is 0 Å². The van der Waals surface area contributed by atoms with Crippen molar-refractivity contribution in [3.05, 3.63) is 146 Å². The average molecular weight is 537 g/mol. The van der Waals surface area contributed by atoms with E-state index in [0.717, 1.165) is 72.0 Å². The van der Waals surface area contributed by atoms with Crippen LogP contribution in [0.15, 0.2) is 146 Å². The maximum absolute atomic E-state index is 4.99. The lowest BCUT2D eigenvalue weighted by Crippen LogP contribution is -1.91. The van der Waals surface area contributed by atoms with E-state index in [1.165, 1.54) is 5.39 Å². The van der Waals surface area contributed by atoms with Gasteiger partial charge in [0.05, 0.1) is 22.1 Å². The molecule has 0 amide bonds. The molecule has 0 aliphatic heterocycles. The average Bonchev–Trinajstić information content (AvgIpc) is 3.08. The van der Waals surface area contributed by atoms with Gasteiger partial charge in [-0.3, -0.25) is 9.97 Å². The fourth-order valence-corrected chi connectivity index (χ4v) is 5.73. The van der Waals surface area contributed by atoms with Crippen LogP contribution in [0.1, 0.15) is 0 Å². The number of hydrogen-bond acceptors (Lipinski definition) is 4. The van der Waals surface area contributed by atoms with Crippen molar-refractivity contribution >= 4 is 32.8 Å². The normalized spacial score (nSPS) is 11.3. The number of fused-ring (bicyclic) bond motifs is 4. The monoisotopic (exact) mass is 536 g/mol. The van der Waals surface area contributed by atoms with Crippen molar-refractivity contribution in [1.82, 2.24) is 19.9 Å². The van der Waals surface area contributed by atoms with Crippen molar-refractivity contribution in [2.75, 3.05) is 0 Å². The second-order valence-electron chi connectivity index (χ2n) is 10.4. The molecule has 196 valence electrons. The van der Waals surface area contributed by atoms with Crippen LogP contribution in [0.3, 0.4) is 0 Å². The highest BCUT2D eigenvalue weighted by atomic mass is 14.8. The Balaban J connectivity index is 1.26. The zero-order chi connectivity index (χ0) is 27.9. The highest BCUT2D eigenvalue weighted by molar-refractivity contribution is 6.12. The van der Waals surface area contributed by atoms with Crippen LogP contribution < -0.4 is 0 Å². The van der Waals surface area contributed by atoms with Gasteiger partial charge in [-0.2, -0.15) is 0 Å². The summed E-state index contributed by atoms with van der Waals surface area (Å²) in [5.74, 6) is 0. The van der Waals surface area contributed by atoms with Crippen LogP contribution in [0.5, 0.6) is 0 Å². The predicted octanol–water partition coefficient (Wildman–Crippen LogP) is 9.39. The summed E-state index contributed by atoms with van der Waals surface area (Å²) in [5.41, 5.74) is 12.6. The summed E-state index contributed by atoms with van der Waals surface area (Å²) in [6, 6.07) is 42.3. The molecule has 0 N–H and O–H groups in total. The number of hydrogen-bond donors (Lipinski definition) is 0. The number of nitrogens with zero attached hydrogens (tertiary/aromatic N) is 4. The van der Waals surface area contributed by atoms with Gasteiger partial charge in [0, 0.05) is 41.3 Å². The number of rotatable bonds is 4. The minimum absolute atomic E-state index is 0.900. The molecular weight excluding hydrogens is 512 g/mol. The molecule has 0 fully saturated rings. The molecule has 0 atom stereocenters. The molecule has 8 aromatic rings. The van der Waals surface area contributed by atoms with Crippen LogP contribution in [0.2, 0.25) is 0 Å². The third kappa shape index (κ3) is 4.27. The molecule has 0 unspecified atom stereocenters. The summed E-state index contributed by atoms with van der Waals surface area (Å²) in [4.78, 5) is 18.7. The topological polar surface area (TPSA) is 51.6 Å². The minimum atomic E-state index is 0.900. The Bertz CT molecular complexity index is 2170.